The molecule has 0 saturated carbocycles. The third kappa shape index (κ3) is 3.12. The fourth-order valence-corrected chi connectivity index (χ4v) is 2.39. The molecular formula is C10H8F5NO4S. The molecule has 21 heavy (non-hydrogen) atoms. The Balaban J connectivity index is 3.64. The third-order valence-corrected chi connectivity index (χ3v) is 4.23. The first kappa shape index (κ1) is 17.3. The fraction of sp³-hybridized carbons (Fsp3) is 0.400. The van der Waals surface area contributed by atoms with Crippen molar-refractivity contribution in [1.82, 2.24) is 4.98 Å². The van der Waals surface area contributed by atoms with Crippen molar-refractivity contribution < 1.29 is 40.3 Å². The van der Waals surface area contributed by atoms with E-state index in [1.54, 1.807) is 0 Å². The maximum Gasteiger partial charge on any atom is 0.458 e. The molecule has 0 radical (unpaired) electrons. The average Bonchev–Trinajstić information content (AvgIpc) is 2.36. The molecule has 11 heteroatoms. The topological polar surface area (TPSA) is 84.3 Å². The van der Waals surface area contributed by atoms with Gasteiger partial charge in [0.25, 0.3) is 0 Å². The molecular weight excluding hydrogens is 325 g/mol. The van der Waals surface area contributed by atoms with Crippen molar-refractivity contribution in [2.45, 2.75) is 23.9 Å². The number of aromatic nitrogens is 1. The number of rotatable bonds is 4. The number of hydrogen-bond donors (Lipinski definition) is 1. The zero-order chi connectivity index (χ0) is 16.6. The van der Waals surface area contributed by atoms with Gasteiger partial charge >= 0.3 is 18.1 Å². The molecule has 1 aromatic rings. The Hall–Kier alpha value is -1.78. The molecule has 0 atom stereocenters. The van der Waals surface area contributed by atoms with Crippen LogP contribution in [-0.4, -0.2) is 36.4 Å². The van der Waals surface area contributed by atoms with E-state index in [4.69, 9.17) is 5.11 Å². The first-order valence-corrected chi connectivity index (χ1v) is 6.91. The van der Waals surface area contributed by atoms with E-state index in [-0.39, 0.29) is 12.3 Å². The summed E-state index contributed by atoms with van der Waals surface area (Å²) in [6.45, 7) is 1.08. The number of alkyl halides is 5. The molecule has 1 rings (SSSR count). The van der Waals surface area contributed by atoms with Gasteiger partial charge in [-0.2, -0.15) is 22.0 Å². The van der Waals surface area contributed by atoms with Gasteiger partial charge in [-0.05, 0) is 6.07 Å². The lowest BCUT2D eigenvalue weighted by molar-refractivity contribution is -0.289. The average molecular weight is 333 g/mol. The number of carbonyl (C=O) groups is 1. The molecule has 0 unspecified atom stereocenters. The van der Waals surface area contributed by atoms with Gasteiger partial charge in [-0.25, -0.2) is 18.2 Å². The number of nitrogens with zero attached hydrogens (tertiary/aromatic N) is 1. The van der Waals surface area contributed by atoms with E-state index in [2.05, 4.69) is 4.98 Å². The van der Waals surface area contributed by atoms with Gasteiger partial charge in [0.2, 0.25) is 0 Å². The van der Waals surface area contributed by atoms with Crippen LogP contribution in [0.15, 0.2) is 17.2 Å². The first-order valence-electron chi connectivity index (χ1n) is 5.25. The summed E-state index contributed by atoms with van der Waals surface area (Å²) in [6.07, 6.45) is -5.97. The summed E-state index contributed by atoms with van der Waals surface area (Å²) in [5, 5.41) is 8.74. The van der Waals surface area contributed by atoms with Gasteiger partial charge in [-0.3, -0.25) is 0 Å². The first-order chi connectivity index (χ1) is 9.34. The fourth-order valence-electron chi connectivity index (χ4n) is 1.33. The van der Waals surface area contributed by atoms with Gasteiger partial charge in [0.05, 0.1) is 11.3 Å². The summed E-state index contributed by atoms with van der Waals surface area (Å²) in [7, 11) is -4.35. The molecule has 0 aliphatic heterocycles. The molecule has 0 aliphatic rings. The van der Waals surface area contributed by atoms with Crippen LogP contribution in [0.2, 0.25) is 0 Å². The van der Waals surface area contributed by atoms with E-state index >= 15 is 0 Å². The molecule has 1 heterocycles. The second-order valence-corrected chi connectivity index (χ2v) is 6.10. The van der Waals surface area contributed by atoms with Gasteiger partial charge < -0.3 is 5.11 Å². The monoisotopic (exact) mass is 333 g/mol. The number of aromatic carboxylic acids is 1. The molecule has 1 aromatic heterocycles. The summed E-state index contributed by atoms with van der Waals surface area (Å²) in [5.41, 5.74) is -2.86. The van der Waals surface area contributed by atoms with Gasteiger partial charge in [0.15, 0.2) is 15.5 Å². The SMILES string of the molecule is CCS(=O)(=O)c1cc(C(F)(F)C(F)(F)F)cnc1C(=O)O. The number of sulfone groups is 1. The van der Waals surface area contributed by atoms with Crippen molar-refractivity contribution in [1.29, 1.82) is 0 Å². The predicted molar refractivity (Wildman–Crippen MR) is 58.9 cm³/mol. The summed E-state index contributed by atoms with van der Waals surface area (Å²) < 4.78 is 86.3. The highest BCUT2D eigenvalue weighted by molar-refractivity contribution is 7.91. The Kier molecular flexibility index (Phi) is 4.28. The molecule has 0 saturated heterocycles. The molecule has 5 nitrogen and oxygen atoms in total. The summed E-state index contributed by atoms with van der Waals surface area (Å²) in [6, 6.07) is -0.0111. The van der Waals surface area contributed by atoms with Gasteiger partial charge in [-0.1, -0.05) is 6.92 Å². The molecule has 0 fully saturated rings. The predicted octanol–water partition coefficient (Wildman–Crippen LogP) is 2.23. The minimum absolute atomic E-state index is 0.00831. The second-order valence-electron chi connectivity index (χ2n) is 3.85. The van der Waals surface area contributed by atoms with Crippen molar-refractivity contribution in [3.8, 4) is 0 Å². The van der Waals surface area contributed by atoms with Gasteiger partial charge in [0.1, 0.15) is 4.90 Å². The van der Waals surface area contributed by atoms with Crippen LogP contribution in [0.5, 0.6) is 0 Å². The largest absolute Gasteiger partial charge is 0.476 e. The van der Waals surface area contributed by atoms with Crippen molar-refractivity contribution in [3.63, 3.8) is 0 Å². The van der Waals surface area contributed by atoms with E-state index in [1.807, 2.05) is 0 Å². The Morgan fingerprint density at radius 2 is 1.81 bits per heavy atom. The van der Waals surface area contributed by atoms with E-state index in [1.165, 1.54) is 0 Å². The Morgan fingerprint density at radius 3 is 2.19 bits per heavy atom. The smallest absolute Gasteiger partial charge is 0.458 e. The molecule has 0 spiro atoms. The molecule has 0 amide bonds. The van der Waals surface area contributed by atoms with Crippen LogP contribution >= 0.6 is 0 Å². The second kappa shape index (κ2) is 5.20. The number of pyridine rings is 1. The van der Waals surface area contributed by atoms with Gasteiger partial charge in [0, 0.05) is 6.20 Å². The normalized spacial score (nSPS) is 13.2. The van der Waals surface area contributed by atoms with E-state index < -0.39 is 49.8 Å². The number of carboxylic acid groups (broad SMARTS) is 1. The van der Waals surface area contributed by atoms with Crippen LogP contribution in [0.3, 0.4) is 0 Å². The van der Waals surface area contributed by atoms with Crippen molar-refractivity contribution in [3.05, 3.63) is 23.5 Å². The molecule has 0 aliphatic carbocycles. The summed E-state index contributed by atoms with van der Waals surface area (Å²) in [4.78, 5) is 12.5. The minimum atomic E-state index is -5.97. The van der Waals surface area contributed by atoms with E-state index in [0.29, 0.717) is 0 Å². The lowest BCUT2D eigenvalue weighted by Gasteiger charge is -2.20. The van der Waals surface area contributed by atoms with Crippen LogP contribution in [-0.2, 0) is 15.8 Å². The standard InChI is InChI=1S/C10H8F5NO4S/c1-2-21(19,20)6-3-5(4-16-7(6)8(17)18)9(11,12)10(13,14)15/h3-4H,2H2,1H3,(H,17,18). The number of halogens is 5. The minimum Gasteiger partial charge on any atom is -0.476 e. The highest BCUT2D eigenvalue weighted by Crippen LogP contribution is 2.44. The van der Waals surface area contributed by atoms with E-state index in [0.717, 1.165) is 6.92 Å². The zero-order valence-corrected chi connectivity index (χ0v) is 11.1. The van der Waals surface area contributed by atoms with Crippen molar-refractivity contribution in [2.24, 2.45) is 0 Å². The van der Waals surface area contributed by atoms with Crippen LogP contribution in [0.4, 0.5) is 22.0 Å². The highest BCUT2D eigenvalue weighted by atomic mass is 32.2. The highest BCUT2D eigenvalue weighted by Gasteiger charge is 2.59. The van der Waals surface area contributed by atoms with Crippen LogP contribution in [0.1, 0.15) is 23.0 Å². The Bertz CT molecular complexity index is 669. The number of hydrogen-bond acceptors (Lipinski definition) is 4. The van der Waals surface area contributed by atoms with E-state index in [9.17, 15) is 35.2 Å². The van der Waals surface area contributed by atoms with Crippen LogP contribution in [0.25, 0.3) is 0 Å². The van der Waals surface area contributed by atoms with Gasteiger partial charge in [-0.15, -0.1) is 0 Å². The maximum atomic E-state index is 13.2. The number of carboxylic acids is 1. The molecule has 0 bridgehead atoms. The third-order valence-electron chi connectivity index (χ3n) is 2.49. The zero-order valence-electron chi connectivity index (χ0n) is 10.3. The molecule has 118 valence electrons. The summed E-state index contributed by atoms with van der Waals surface area (Å²) in [5.74, 6) is -7.89. The van der Waals surface area contributed by atoms with Crippen LogP contribution in [0, 0.1) is 0 Å². The Morgan fingerprint density at radius 1 is 1.29 bits per heavy atom. The lowest BCUT2D eigenvalue weighted by atomic mass is 10.1. The van der Waals surface area contributed by atoms with Crippen molar-refractivity contribution >= 4 is 15.8 Å². The molecule has 0 aromatic carbocycles. The lowest BCUT2D eigenvalue weighted by Crippen LogP contribution is -2.34. The summed E-state index contributed by atoms with van der Waals surface area (Å²) >= 11 is 0. The molecule has 1 N–H and O–H groups in total. The Labute approximate surface area is 115 Å². The van der Waals surface area contributed by atoms with Crippen LogP contribution < -0.4 is 0 Å². The quantitative estimate of drug-likeness (QED) is 0.854. The maximum absolute atomic E-state index is 13.2. The van der Waals surface area contributed by atoms with Crippen molar-refractivity contribution in [2.75, 3.05) is 5.75 Å².